The second kappa shape index (κ2) is 6.01. The lowest BCUT2D eigenvalue weighted by molar-refractivity contribution is 0.854. The monoisotopic (exact) mass is 250 g/mol. The van der Waals surface area contributed by atoms with Gasteiger partial charge in [-0.05, 0) is 6.42 Å². The largest absolute Gasteiger partial charge is 0.396 e. The van der Waals surface area contributed by atoms with Crippen LogP contribution in [0.1, 0.15) is 41.8 Å². The number of aryl methyl sites for hydroxylation is 1. The summed E-state index contributed by atoms with van der Waals surface area (Å²) in [5, 5.41) is 36.0. The molecule has 1 aromatic heterocycles. The maximum Gasteiger partial charge on any atom is 0.176 e. The van der Waals surface area contributed by atoms with Gasteiger partial charge in [0.2, 0.25) is 0 Å². The van der Waals surface area contributed by atoms with Gasteiger partial charge in [0.15, 0.2) is 5.92 Å². The minimum atomic E-state index is -1.17. The van der Waals surface area contributed by atoms with Crippen LogP contribution in [0.25, 0.3) is 0 Å². The predicted molar refractivity (Wildman–Crippen MR) is 66.0 cm³/mol. The normalized spacial score (nSPS) is 9.16. The molecule has 19 heavy (non-hydrogen) atoms. The molecule has 0 aliphatic heterocycles. The van der Waals surface area contributed by atoms with Gasteiger partial charge < -0.3 is 5.73 Å². The number of nitriles is 4. The summed E-state index contributed by atoms with van der Waals surface area (Å²) in [4.78, 5) is 4.14. The molecule has 1 heterocycles. The lowest BCUT2D eigenvalue weighted by Crippen LogP contribution is -2.10. The summed E-state index contributed by atoms with van der Waals surface area (Å²) in [6.45, 7) is 1.91. The molecule has 0 spiro atoms. The zero-order valence-electron chi connectivity index (χ0n) is 10.3. The minimum absolute atomic E-state index is 0.00560. The van der Waals surface area contributed by atoms with Gasteiger partial charge in [-0.2, -0.15) is 21.0 Å². The van der Waals surface area contributed by atoms with E-state index in [2.05, 4.69) is 4.98 Å². The number of rotatable bonds is 3. The SMILES string of the molecule is CCCc1nc(C(C#N)C#N)c(C#N)c(N)c1C#N. The van der Waals surface area contributed by atoms with Gasteiger partial charge in [0.1, 0.15) is 17.7 Å². The molecular formula is C13H10N6. The molecule has 0 aliphatic carbocycles. The molecule has 92 valence electrons. The Kier molecular flexibility index (Phi) is 4.42. The van der Waals surface area contributed by atoms with Crippen LogP contribution in [0.3, 0.4) is 0 Å². The van der Waals surface area contributed by atoms with Gasteiger partial charge >= 0.3 is 0 Å². The van der Waals surface area contributed by atoms with Crippen molar-refractivity contribution in [3.05, 3.63) is 22.5 Å². The van der Waals surface area contributed by atoms with E-state index < -0.39 is 5.92 Å². The summed E-state index contributed by atoms with van der Waals surface area (Å²) in [6, 6.07) is 7.26. The van der Waals surface area contributed by atoms with Gasteiger partial charge in [-0.3, -0.25) is 4.98 Å². The van der Waals surface area contributed by atoms with Crippen LogP contribution < -0.4 is 5.73 Å². The number of nitrogens with zero attached hydrogens (tertiary/aromatic N) is 5. The Balaban J connectivity index is 3.68. The van der Waals surface area contributed by atoms with E-state index >= 15 is 0 Å². The number of anilines is 1. The lowest BCUT2D eigenvalue weighted by atomic mass is 9.97. The van der Waals surface area contributed by atoms with Crippen molar-refractivity contribution in [2.75, 3.05) is 5.73 Å². The minimum Gasteiger partial charge on any atom is -0.396 e. The first kappa shape index (κ1) is 14.0. The van der Waals surface area contributed by atoms with Crippen molar-refractivity contribution in [1.82, 2.24) is 4.98 Å². The quantitative estimate of drug-likeness (QED) is 0.863. The highest BCUT2D eigenvalue weighted by Crippen LogP contribution is 2.27. The van der Waals surface area contributed by atoms with E-state index in [1.165, 1.54) is 0 Å². The van der Waals surface area contributed by atoms with Crippen LogP contribution in [0.15, 0.2) is 0 Å². The number of hydrogen-bond acceptors (Lipinski definition) is 6. The van der Waals surface area contributed by atoms with Crippen LogP contribution in [0.2, 0.25) is 0 Å². The molecule has 0 amide bonds. The smallest absolute Gasteiger partial charge is 0.176 e. The number of hydrogen-bond donors (Lipinski definition) is 1. The number of aromatic nitrogens is 1. The van der Waals surface area contributed by atoms with Gasteiger partial charge in [-0.25, -0.2) is 0 Å². The van der Waals surface area contributed by atoms with Crippen molar-refractivity contribution >= 4 is 5.69 Å². The topological polar surface area (TPSA) is 134 Å². The van der Waals surface area contributed by atoms with Crippen molar-refractivity contribution < 1.29 is 0 Å². The second-order valence-corrected chi connectivity index (χ2v) is 3.77. The molecule has 0 radical (unpaired) electrons. The molecule has 0 aromatic carbocycles. The fourth-order valence-corrected chi connectivity index (χ4v) is 1.70. The van der Waals surface area contributed by atoms with E-state index in [1.807, 2.05) is 19.1 Å². The third-order valence-electron chi connectivity index (χ3n) is 2.58. The summed E-state index contributed by atoms with van der Waals surface area (Å²) in [6.07, 6.45) is 1.23. The fourth-order valence-electron chi connectivity index (χ4n) is 1.70. The highest BCUT2D eigenvalue weighted by Gasteiger charge is 2.23. The fraction of sp³-hybridized carbons (Fsp3) is 0.308. The predicted octanol–water partition coefficient (Wildman–Crippen LogP) is 1.49. The molecule has 6 nitrogen and oxygen atoms in total. The highest BCUT2D eigenvalue weighted by atomic mass is 14.8. The van der Waals surface area contributed by atoms with Crippen LogP contribution in [0, 0.1) is 45.3 Å². The third-order valence-corrected chi connectivity index (χ3v) is 2.58. The average molecular weight is 250 g/mol. The van der Waals surface area contributed by atoms with Crippen LogP contribution in [0.4, 0.5) is 5.69 Å². The van der Waals surface area contributed by atoms with Gasteiger partial charge in [0.25, 0.3) is 0 Å². The second-order valence-electron chi connectivity index (χ2n) is 3.77. The molecule has 0 saturated carbocycles. The summed E-state index contributed by atoms with van der Waals surface area (Å²) in [5.41, 5.74) is 6.32. The first-order valence-corrected chi connectivity index (χ1v) is 5.56. The summed E-state index contributed by atoms with van der Waals surface area (Å²) in [5.74, 6) is -1.17. The van der Waals surface area contributed by atoms with Crippen LogP contribution >= 0.6 is 0 Å². The Hall–Kier alpha value is -3.09. The Labute approximate surface area is 110 Å². The van der Waals surface area contributed by atoms with E-state index in [0.717, 1.165) is 6.42 Å². The molecule has 2 N–H and O–H groups in total. The van der Waals surface area contributed by atoms with E-state index in [4.69, 9.17) is 26.8 Å². The van der Waals surface area contributed by atoms with Crippen LogP contribution in [-0.4, -0.2) is 4.98 Å². The van der Waals surface area contributed by atoms with E-state index in [1.54, 1.807) is 12.1 Å². The van der Waals surface area contributed by atoms with Crippen LogP contribution in [0.5, 0.6) is 0 Å². The van der Waals surface area contributed by atoms with E-state index in [-0.39, 0.29) is 22.5 Å². The van der Waals surface area contributed by atoms with Gasteiger partial charge in [-0.1, -0.05) is 13.3 Å². The molecular weight excluding hydrogens is 240 g/mol. The van der Waals surface area contributed by atoms with E-state index in [9.17, 15) is 0 Å². The van der Waals surface area contributed by atoms with Gasteiger partial charge in [0, 0.05) is 0 Å². The zero-order chi connectivity index (χ0) is 14.4. The molecule has 0 saturated heterocycles. The molecule has 1 aromatic rings. The molecule has 0 atom stereocenters. The number of nitrogens with two attached hydrogens (primary N) is 1. The van der Waals surface area contributed by atoms with Gasteiger partial charge in [-0.15, -0.1) is 0 Å². The Morgan fingerprint density at radius 2 is 1.68 bits per heavy atom. The van der Waals surface area contributed by atoms with Crippen LogP contribution in [-0.2, 0) is 6.42 Å². The summed E-state index contributed by atoms with van der Waals surface area (Å²) in [7, 11) is 0. The maximum atomic E-state index is 9.08. The molecule has 0 fully saturated rings. The van der Waals surface area contributed by atoms with Crippen molar-refractivity contribution in [1.29, 1.82) is 21.0 Å². The first-order chi connectivity index (χ1) is 9.14. The average Bonchev–Trinajstić information content (AvgIpc) is 2.41. The zero-order valence-corrected chi connectivity index (χ0v) is 10.3. The Bertz CT molecular complexity index is 649. The molecule has 6 heteroatoms. The van der Waals surface area contributed by atoms with Crippen molar-refractivity contribution in [2.45, 2.75) is 25.7 Å². The highest BCUT2D eigenvalue weighted by molar-refractivity contribution is 5.68. The van der Waals surface area contributed by atoms with Crippen molar-refractivity contribution in [2.24, 2.45) is 0 Å². The Morgan fingerprint density at radius 1 is 1.11 bits per heavy atom. The Morgan fingerprint density at radius 3 is 2.11 bits per heavy atom. The first-order valence-electron chi connectivity index (χ1n) is 5.56. The van der Waals surface area contributed by atoms with Crippen molar-refractivity contribution in [3.63, 3.8) is 0 Å². The lowest BCUT2D eigenvalue weighted by Gasteiger charge is -2.11. The summed E-state index contributed by atoms with van der Waals surface area (Å²) < 4.78 is 0. The molecule has 0 bridgehead atoms. The number of pyridine rings is 1. The third kappa shape index (κ3) is 2.44. The summed E-state index contributed by atoms with van der Waals surface area (Å²) >= 11 is 0. The number of nitrogen functional groups attached to an aromatic ring is 1. The molecule has 1 rings (SSSR count). The van der Waals surface area contributed by atoms with Gasteiger partial charge in [0.05, 0.1) is 34.8 Å². The maximum absolute atomic E-state index is 9.08. The van der Waals surface area contributed by atoms with Crippen molar-refractivity contribution in [3.8, 4) is 24.3 Å². The molecule has 0 unspecified atom stereocenters. The standard InChI is InChI=1S/C13H10N6/c1-2-3-11-9(6-16)12(18)10(7-17)13(19-11)8(4-14)5-15/h8H,2-3H2,1H3,(H2,18,19). The molecule has 0 aliphatic rings. The van der Waals surface area contributed by atoms with E-state index in [0.29, 0.717) is 12.1 Å².